The highest BCUT2D eigenvalue weighted by molar-refractivity contribution is 7.92. The lowest BCUT2D eigenvalue weighted by Gasteiger charge is -2.26. The summed E-state index contributed by atoms with van der Waals surface area (Å²) in [5.41, 5.74) is 0. The van der Waals surface area contributed by atoms with Crippen molar-refractivity contribution in [3.8, 4) is 0 Å². The van der Waals surface area contributed by atoms with Gasteiger partial charge in [-0.05, 0) is 43.5 Å². The van der Waals surface area contributed by atoms with Crippen LogP contribution >= 0.6 is 0 Å². The number of likely N-dealkylation sites (tertiary alicyclic amines) is 1. The molecule has 1 atom stereocenters. The number of halogens is 1. The molecule has 0 bridgehead atoms. The normalized spacial score (nSPS) is 23.2. The molecule has 1 aromatic rings. The van der Waals surface area contributed by atoms with E-state index < -0.39 is 20.9 Å². The molecule has 6 heteroatoms. The Balaban J connectivity index is 1.69. The molecule has 1 saturated carbocycles. The number of sulfone groups is 1. The number of carbonyl (C=O) groups is 1. The van der Waals surface area contributed by atoms with Crippen LogP contribution < -0.4 is 0 Å². The standard InChI is InChI=1S/C17H22FNO3S/c18-14-6-8-15(9-7-14)23(21,22)16-10-11-19(12-16)17(20)13-4-2-1-3-5-13/h6-9,13,16H,1-5,10-12H2. The molecule has 0 aromatic heterocycles. The van der Waals surface area contributed by atoms with Gasteiger partial charge in [0.2, 0.25) is 5.91 Å². The van der Waals surface area contributed by atoms with Crippen molar-refractivity contribution >= 4 is 15.7 Å². The summed E-state index contributed by atoms with van der Waals surface area (Å²) < 4.78 is 38.2. The molecule has 1 saturated heterocycles. The van der Waals surface area contributed by atoms with Crippen molar-refractivity contribution in [2.24, 2.45) is 5.92 Å². The van der Waals surface area contributed by atoms with E-state index in [1.807, 2.05) is 0 Å². The minimum Gasteiger partial charge on any atom is -0.341 e. The third-order valence-corrected chi connectivity index (χ3v) is 7.18. The first kappa shape index (κ1) is 16.4. The second-order valence-electron chi connectivity index (χ2n) is 6.53. The van der Waals surface area contributed by atoms with Crippen molar-refractivity contribution in [1.29, 1.82) is 0 Å². The van der Waals surface area contributed by atoms with Crippen LogP contribution in [0.3, 0.4) is 0 Å². The van der Waals surface area contributed by atoms with E-state index in [2.05, 4.69) is 0 Å². The van der Waals surface area contributed by atoms with Gasteiger partial charge in [0.15, 0.2) is 9.84 Å². The first-order valence-electron chi connectivity index (χ1n) is 8.27. The Morgan fingerprint density at radius 1 is 1.04 bits per heavy atom. The number of nitrogens with zero attached hydrogens (tertiary/aromatic N) is 1. The Morgan fingerprint density at radius 3 is 2.35 bits per heavy atom. The Kier molecular flexibility index (Phi) is 4.71. The summed E-state index contributed by atoms with van der Waals surface area (Å²) in [5, 5.41) is -0.583. The van der Waals surface area contributed by atoms with Crippen LogP contribution in [0.4, 0.5) is 4.39 Å². The SMILES string of the molecule is O=C(C1CCCCC1)N1CCC(S(=O)(=O)c2ccc(F)cc2)C1. The Hall–Kier alpha value is -1.43. The van der Waals surface area contributed by atoms with E-state index in [9.17, 15) is 17.6 Å². The second-order valence-corrected chi connectivity index (χ2v) is 8.76. The maximum atomic E-state index is 13.0. The molecular weight excluding hydrogens is 317 g/mol. The molecule has 23 heavy (non-hydrogen) atoms. The predicted octanol–water partition coefficient (Wildman–Crippen LogP) is 2.78. The van der Waals surface area contributed by atoms with Gasteiger partial charge in [0.1, 0.15) is 5.82 Å². The summed E-state index contributed by atoms with van der Waals surface area (Å²) in [6.45, 7) is 0.759. The molecule has 1 unspecified atom stereocenters. The van der Waals surface area contributed by atoms with Gasteiger partial charge in [-0.25, -0.2) is 12.8 Å². The van der Waals surface area contributed by atoms with Gasteiger partial charge >= 0.3 is 0 Å². The smallest absolute Gasteiger partial charge is 0.225 e. The molecule has 1 aromatic carbocycles. The quantitative estimate of drug-likeness (QED) is 0.796. The highest BCUT2D eigenvalue weighted by Crippen LogP contribution is 2.29. The number of rotatable bonds is 3. The minimum atomic E-state index is -3.51. The van der Waals surface area contributed by atoms with E-state index in [4.69, 9.17) is 0 Å². The van der Waals surface area contributed by atoms with Gasteiger partial charge in [0.05, 0.1) is 10.1 Å². The topological polar surface area (TPSA) is 54.5 Å². The summed E-state index contributed by atoms with van der Waals surface area (Å²) in [4.78, 5) is 14.4. The lowest BCUT2D eigenvalue weighted by molar-refractivity contribution is -0.135. The van der Waals surface area contributed by atoms with Gasteiger partial charge in [-0.15, -0.1) is 0 Å². The van der Waals surface area contributed by atoms with Crippen molar-refractivity contribution in [2.75, 3.05) is 13.1 Å². The molecular formula is C17H22FNO3S. The van der Waals surface area contributed by atoms with E-state index in [0.717, 1.165) is 37.8 Å². The fourth-order valence-electron chi connectivity index (χ4n) is 3.61. The van der Waals surface area contributed by atoms with Crippen LogP contribution in [0.2, 0.25) is 0 Å². The molecule has 1 aliphatic carbocycles. The van der Waals surface area contributed by atoms with Crippen molar-refractivity contribution < 1.29 is 17.6 Å². The predicted molar refractivity (Wildman–Crippen MR) is 85.1 cm³/mol. The van der Waals surface area contributed by atoms with Gasteiger partial charge < -0.3 is 4.90 Å². The Bertz CT molecular complexity index is 666. The van der Waals surface area contributed by atoms with E-state index in [1.165, 1.54) is 18.6 Å². The zero-order valence-corrected chi connectivity index (χ0v) is 13.9. The third kappa shape index (κ3) is 3.42. The van der Waals surface area contributed by atoms with Gasteiger partial charge in [-0.2, -0.15) is 0 Å². The Morgan fingerprint density at radius 2 is 1.70 bits per heavy atom. The van der Waals surface area contributed by atoms with Crippen LogP contribution in [0.1, 0.15) is 38.5 Å². The maximum absolute atomic E-state index is 13.0. The molecule has 0 spiro atoms. The molecule has 1 amide bonds. The highest BCUT2D eigenvalue weighted by atomic mass is 32.2. The minimum absolute atomic E-state index is 0.0658. The number of carbonyl (C=O) groups excluding carboxylic acids is 1. The molecule has 1 heterocycles. The zero-order chi connectivity index (χ0) is 16.4. The Labute approximate surface area is 136 Å². The van der Waals surface area contributed by atoms with Gasteiger partial charge in [-0.3, -0.25) is 4.79 Å². The van der Waals surface area contributed by atoms with Crippen molar-refractivity contribution in [1.82, 2.24) is 4.90 Å². The molecule has 0 N–H and O–H groups in total. The number of amides is 1. The lowest BCUT2D eigenvalue weighted by atomic mass is 9.88. The van der Waals surface area contributed by atoms with Crippen LogP contribution in [-0.2, 0) is 14.6 Å². The molecule has 3 rings (SSSR count). The van der Waals surface area contributed by atoms with Crippen molar-refractivity contribution in [3.05, 3.63) is 30.1 Å². The molecule has 4 nitrogen and oxygen atoms in total. The fourth-order valence-corrected chi connectivity index (χ4v) is 5.30. The van der Waals surface area contributed by atoms with Gasteiger partial charge in [-0.1, -0.05) is 19.3 Å². The summed E-state index contributed by atoms with van der Waals surface area (Å²) in [6, 6.07) is 4.92. The molecule has 126 valence electrons. The van der Waals surface area contributed by atoms with Crippen LogP contribution in [0.15, 0.2) is 29.2 Å². The molecule has 1 aliphatic heterocycles. The first-order chi connectivity index (χ1) is 11.0. The van der Waals surface area contributed by atoms with Crippen molar-refractivity contribution in [2.45, 2.75) is 48.7 Å². The fraction of sp³-hybridized carbons (Fsp3) is 0.588. The molecule has 0 radical (unpaired) electrons. The summed E-state index contributed by atoms with van der Waals surface area (Å²) >= 11 is 0. The summed E-state index contributed by atoms with van der Waals surface area (Å²) in [6.07, 6.45) is 5.65. The van der Waals surface area contributed by atoms with E-state index in [1.54, 1.807) is 4.90 Å². The second kappa shape index (κ2) is 6.59. The van der Waals surface area contributed by atoms with Gasteiger partial charge in [0.25, 0.3) is 0 Å². The largest absolute Gasteiger partial charge is 0.341 e. The van der Waals surface area contributed by atoms with Crippen molar-refractivity contribution in [3.63, 3.8) is 0 Å². The van der Waals surface area contributed by atoms with Crippen LogP contribution in [0.25, 0.3) is 0 Å². The van der Waals surface area contributed by atoms with Crippen LogP contribution in [0, 0.1) is 11.7 Å². The van der Waals surface area contributed by atoms with E-state index >= 15 is 0 Å². The third-order valence-electron chi connectivity index (χ3n) is 4.99. The average Bonchev–Trinajstić information content (AvgIpc) is 3.06. The lowest BCUT2D eigenvalue weighted by Crippen LogP contribution is -2.37. The number of hydrogen-bond donors (Lipinski definition) is 0. The van der Waals surface area contributed by atoms with Crippen LogP contribution in [0.5, 0.6) is 0 Å². The zero-order valence-electron chi connectivity index (χ0n) is 13.1. The van der Waals surface area contributed by atoms with E-state index in [0.29, 0.717) is 13.0 Å². The first-order valence-corrected chi connectivity index (χ1v) is 9.81. The monoisotopic (exact) mass is 339 g/mol. The number of benzene rings is 1. The summed E-state index contributed by atoms with van der Waals surface area (Å²) in [7, 11) is -3.51. The van der Waals surface area contributed by atoms with Gasteiger partial charge in [0, 0.05) is 19.0 Å². The highest BCUT2D eigenvalue weighted by Gasteiger charge is 2.38. The molecule has 2 aliphatic rings. The average molecular weight is 339 g/mol. The van der Waals surface area contributed by atoms with E-state index in [-0.39, 0.29) is 23.3 Å². The number of hydrogen-bond acceptors (Lipinski definition) is 3. The maximum Gasteiger partial charge on any atom is 0.225 e. The summed E-state index contributed by atoms with van der Waals surface area (Å²) in [5.74, 6) is -0.276. The van der Waals surface area contributed by atoms with Crippen LogP contribution in [-0.4, -0.2) is 37.6 Å². The molecule has 2 fully saturated rings.